The highest BCUT2D eigenvalue weighted by atomic mass is 16.2. The van der Waals surface area contributed by atoms with E-state index in [1.54, 1.807) is 24.5 Å². The Hall–Kier alpha value is -3.67. The molecule has 0 spiro atoms. The molecule has 6 nitrogen and oxygen atoms in total. The summed E-state index contributed by atoms with van der Waals surface area (Å²) in [6.45, 7) is 2.94. The number of anilines is 1. The highest BCUT2D eigenvalue weighted by Gasteiger charge is 2.06. The quantitative estimate of drug-likeness (QED) is 0.574. The summed E-state index contributed by atoms with van der Waals surface area (Å²) in [5.41, 5.74) is 4.42. The summed E-state index contributed by atoms with van der Waals surface area (Å²) in [6.07, 6.45) is 4.15. The van der Waals surface area contributed by atoms with Gasteiger partial charge in [0.1, 0.15) is 0 Å². The molecule has 6 heteroatoms. The SMILES string of the molecule is CCc1ccc(CNC(=O)NCc2cccc(NC(=O)c3ccncc3)c2)cc1. The zero-order valence-electron chi connectivity index (χ0n) is 16.3. The van der Waals surface area contributed by atoms with E-state index >= 15 is 0 Å². The smallest absolute Gasteiger partial charge is 0.315 e. The van der Waals surface area contributed by atoms with Crippen molar-refractivity contribution in [2.45, 2.75) is 26.4 Å². The number of rotatable bonds is 7. The summed E-state index contributed by atoms with van der Waals surface area (Å²) in [6, 6.07) is 18.6. The molecule has 0 aliphatic rings. The van der Waals surface area contributed by atoms with Crippen molar-refractivity contribution >= 4 is 17.6 Å². The van der Waals surface area contributed by atoms with Crippen molar-refractivity contribution in [3.05, 3.63) is 95.3 Å². The van der Waals surface area contributed by atoms with Crippen LogP contribution in [0.25, 0.3) is 0 Å². The fourth-order valence-electron chi connectivity index (χ4n) is 2.79. The molecule has 3 aromatic rings. The summed E-state index contributed by atoms with van der Waals surface area (Å²) in [4.78, 5) is 28.2. The van der Waals surface area contributed by atoms with Crippen molar-refractivity contribution in [2.75, 3.05) is 5.32 Å². The second-order valence-corrected chi connectivity index (χ2v) is 6.60. The number of benzene rings is 2. The summed E-state index contributed by atoms with van der Waals surface area (Å²) in [5.74, 6) is -0.204. The molecule has 0 aliphatic heterocycles. The Bertz CT molecular complexity index is 956. The number of hydrogen-bond acceptors (Lipinski definition) is 3. The molecule has 3 rings (SSSR count). The van der Waals surface area contributed by atoms with Crippen LogP contribution in [0.3, 0.4) is 0 Å². The maximum Gasteiger partial charge on any atom is 0.315 e. The predicted molar refractivity (Wildman–Crippen MR) is 114 cm³/mol. The van der Waals surface area contributed by atoms with Crippen LogP contribution in [0, 0.1) is 0 Å². The van der Waals surface area contributed by atoms with Crippen molar-refractivity contribution in [3.63, 3.8) is 0 Å². The van der Waals surface area contributed by atoms with Crippen LogP contribution in [0.15, 0.2) is 73.1 Å². The maximum absolute atomic E-state index is 12.2. The molecule has 1 heterocycles. The van der Waals surface area contributed by atoms with Crippen LogP contribution >= 0.6 is 0 Å². The zero-order valence-corrected chi connectivity index (χ0v) is 16.3. The molecule has 3 N–H and O–H groups in total. The Balaban J connectivity index is 1.48. The fourth-order valence-corrected chi connectivity index (χ4v) is 2.79. The number of amides is 3. The first-order valence-electron chi connectivity index (χ1n) is 9.54. The van der Waals surface area contributed by atoms with Gasteiger partial charge in [-0.2, -0.15) is 0 Å². The maximum atomic E-state index is 12.2. The second kappa shape index (κ2) is 10.0. The Kier molecular flexibility index (Phi) is 6.95. The molecule has 0 aliphatic carbocycles. The third kappa shape index (κ3) is 6.17. The number of pyridine rings is 1. The molecule has 148 valence electrons. The van der Waals surface area contributed by atoms with Crippen molar-refractivity contribution < 1.29 is 9.59 Å². The minimum atomic E-state index is -0.240. The average Bonchev–Trinajstić information content (AvgIpc) is 2.77. The third-order valence-corrected chi connectivity index (χ3v) is 4.46. The lowest BCUT2D eigenvalue weighted by Gasteiger charge is -2.10. The molecule has 1 aromatic heterocycles. The molecule has 0 saturated carbocycles. The van der Waals surface area contributed by atoms with Gasteiger partial charge in [-0.25, -0.2) is 4.79 Å². The van der Waals surface area contributed by atoms with Gasteiger partial charge in [-0.05, 0) is 47.4 Å². The largest absolute Gasteiger partial charge is 0.334 e. The van der Waals surface area contributed by atoms with Gasteiger partial charge in [-0.3, -0.25) is 9.78 Å². The van der Waals surface area contributed by atoms with Gasteiger partial charge in [0.25, 0.3) is 5.91 Å². The van der Waals surface area contributed by atoms with Gasteiger partial charge < -0.3 is 16.0 Å². The third-order valence-electron chi connectivity index (χ3n) is 4.46. The first-order valence-corrected chi connectivity index (χ1v) is 9.54. The normalized spacial score (nSPS) is 10.2. The van der Waals surface area contributed by atoms with E-state index in [1.165, 1.54) is 5.56 Å². The number of nitrogens with one attached hydrogen (secondary N) is 3. The van der Waals surface area contributed by atoms with Gasteiger partial charge in [0, 0.05) is 36.7 Å². The molecular formula is C23H24N4O2. The summed E-state index contributed by atoms with van der Waals surface area (Å²) >= 11 is 0. The van der Waals surface area contributed by atoms with E-state index in [4.69, 9.17) is 0 Å². The number of carbonyl (C=O) groups is 2. The van der Waals surface area contributed by atoms with E-state index in [2.05, 4.69) is 40.0 Å². The first kappa shape index (κ1) is 20.1. The Morgan fingerprint density at radius 3 is 2.17 bits per heavy atom. The minimum Gasteiger partial charge on any atom is -0.334 e. The minimum absolute atomic E-state index is 0.204. The van der Waals surface area contributed by atoms with Crippen LogP contribution in [0.2, 0.25) is 0 Å². The van der Waals surface area contributed by atoms with E-state index in [0.29, 0.717) is 24.3 Å². The van der Waals surface area contributed by atoms with Crippen LogP contribution in [-0.2, 0) is 19.5 Å². The van der Waals surface area contributed by atoms with E-state index < -0.39 is 0 Å². The summed E-state index contributed by atoms with van der Waals surface area (Å²) in [5, 5.41) is 8.53. The lowest BCUT2D eigenvalue weighted by molar-refractivity contribution is 0.102. The Morgan fingerprint density at radius 2 is 1.48 bits per heavy atom. The number of hydrogen-bond donors (Lipinski definition) is 3. The molecule has 3 amide bonds. The van der Waals surface area contributed by atoms with E-state index in [0.717, 1.165) is 17.5 Å². The molecule has 0 unspecified atom stereocenters. The molecule has 0 fully saturated rings. The molecule has 0 atom stereocenters. The van der Waals surface area contributed by atoms with Gasteiger partial charge >= 0.3 is 6.03 Å². The topological polar surface area (TPSA) is 83.1 Å². The van der Waals surface area contributed by atoms with Crippen molar-refractivity contribution in [1.82, 2.24) is 15.6 Å². The zero-order chi connectivity index (χ0) is 20.5. The summed E-state index contributed by atoms with van der Waals surface area (Å²) in [7, 11) is 0. The molecule has 0 bridgehead atoms. The number of nitrogens with zero attached hydrogens (tertiary/aromatic N) is 1. The lowest BCUT2D eigenvalue weighted by atomic mass is 10.1. The molecule has 0 saturated heterocycles. The van der Waals surface area contributed by atoms with Gasteiger partial charge in [-0.15, -0.1) is 0 Å². The first-order chi connectivity index (χ1) is 14.1. The van der Waals surface area contributed by atoms with Crippen molar-refractivity contribution in [1.29, 1.82) is 0 Å². The van der Waals surface area contributed by atoms with Gasteiger partial charge in [0.15, 0.2) is 0 Å². The number of aryl methyl sites for hydroxylation is 1. The van der Waals surface area contributed by atoms with Crippen LogP contribution in [0.1, 0.15) is 34.0 Å². The Labute approximate surface area is 170 Å². The van der Waals surface area contributed by atoms with Crippen LogP contribution in [-0.4, -0.2) is 16.9 Å². The van der Waals surface area contributed by atoms with Crippen molar-refractivity contribution in [3.8, 4) is 0 Å². The van der Waals surface area contributed by atoms with E-state index in [9.17, 15) is 9.59 Å². The molecule has 0 radical (unpaired) electrons. The highest BCUT2D eigenvalue weighted by molar-refractivity contribution is 6.04. The molecule has 29 heavy (non-hydrogen) atoms. The van der Waals surface area contributed by atoms with Gasteiger partial charge in [0.05, 0.1) is 0 Å². The van der Waals surface area contributed by atoms with E-state index in [1.807, 2.05) is 36.4 Å². The van der Waals surface area contributed by atoms with Gasteiger partial charge in [0.2, 0.25) is 0 Å². The number of aromatic nitrogens is 1. The molecule has 2 aromatic carbocycles. The van der Waals surface area contributed by atoms with Crippen LogP contribution in [0.5, 0.6) is 0 Å². The fraction of sp³-hybridized carbons (Fsp3) is 0.174. The number of carbonyl (C=O) groups excluding carboxylic acids is 2. The highest BCUT2D eigenvalue weighted by Crippen LogP contribution is 2.12. The number of urea groups is 1. The predicted octanol–water partition coefficient (Wildman–Crippen LogP) is 3.90. The second-order valence-electron chi connectivity index (χ2n) is 6.60. The van der Waals surface area contributed by atoms with Crippen molar-refractivity contribution in [2.24, 2.45) is 0 Å². The molecular weight excluding hydrogens is 364 g/mol. The Morgan fingerprint density at radius 1 is 0.828 bits per heavy atom. The summed E-state index contributed by atoms with van der Waals surface area (Å²) < 4.78 is 0. The standard InChI is InChI=1S/C23H24N4O2/c1-2-17-6-8-18(9-7-17)15-25-23(29)26-16-19-4-3-5-21(14-19)27-22(28)20-10-12-24-13-11-20/h3-14H,2,15-16H2,1H3,(H,27,28)(H2,25,26,29). The van der Waals surface area contributed by atoms with E-state index in [-0.39, 0.29) is 11.9 Å². The lowest BCUT2D eigenvalue weighted by Crippen LogP contribution is -2.34. The van der Waals surface area contributed by atoms with Crippen LogP contribution < -0.4 is 16.0 Å². The monoisotopic (exact) mass is 388 g/mol. The van der Waals surface area contributed by atoms with Crippen LogP contribution in [0.4, 0.5) is 10.5 Å². The average molecular weight is 388 g/mol. The van der Waals surface area contributed by atoms with Gasteiger partial charge in [-0.1, -0.05) is 43.3 Å².